The van der Waals surface area contributed by atoms with Gasteiger partial charge in [0, 0.05) is 11.9 Å². The van der Waals surface area contributed by atoms with Gasteiger partial charge in [-0.2, -0.15) is 10.1 Å². The minimum absolute atomic E-state index is 0.317. The molecule has 3 heterocycles. The second-order valence-corrected chi connectivity index (χ2v) is 5.66. The zero-order valence-corrected chi connectivity index (χ0v) is 13.2. The molecule has 24 heavy (non-hydrogen) atoms. The van der Waals surface area contributed by atoms with E-state index >= 15 is 0 Å². The lowest BCUT2D eigenvalue weighted by atomic mass is 10.2. The third-order valence-electron chi connectivity index (χ3n) is 4.08. The summed E-state index contributed by atoms with van der Waals surface area (Å²) < 4.78 is 18.8. The van der Waals surface area contributed by atoms with E-state index < -0.39 is 6.17 Å². The van der Waals surface area contributed by atoms with E-state index in [1.54, 1.807) is 13.3 Å². The minimum atomic E-state index is -0.831. The largest absolute Gasteiger partial charge is 0.491 e. The topological polar surface area (TPSA) is 79.0 Å². The summed E-state index contributed by atoms with van der Waals surface area (Å²) in [5, 5.41) is 11.4. The van der Waals surface area contributed by atoms with Gasteiger partial charge in [-0.1, -0.05) is 12.1 Å². The van der Waals surface area contributed by atoms with Crippen LogP contribution in [0.3, 0.4) is 0 Å². The molecule has 3 aromatic rings. The smallest absolute Gasteiger partial charge is 0.227 e. The molecule has 0 saturated carbocycles. The zero-order chi connectivity index (χ0) is 16.5. The Morgan fingerprint density at radius 2 is 2.21 bits per heavy atom. The molecule has 0 spiro atoms. The van der Waals surface area contributed by atoms with Gasteiger partial charge in [0.05, 0.1) is 25.4 Å². The number of halogens is 1. The number of aromatic amines is 1. The van der Waals surface area contributed by atoms with Crippen LogP contribution in [0.25, 0.3) is 10.9 Å². The van der Waals surface area contributed by atoms with Crippen molar-refractivity contribution in [3.63, 3.8) is 0 Å². The number of aromatic nitrogens is 4. The molecule has 1 atom stereocenters. The Hall–Kier alpha value is -2.90. The Bertz CT molecular complexity index is 867. The first-order chi connectivity index (χ1) is 11.7. The van der Waals surface area contributed by atoms with E-state index in [-0.39, 0.29) is 0 Å². The highest BCUT2D eigenvalue weighted by Gasteiger charge is 2.24. The first-order valence-electron chi connectivity index (χ1n) is 7.75. The lowest BCUT2D eigenvalue weighted by Gasteiger charge is -2.17. The summed E-state index contributed by atoms with van der Waals surface area (Å²) in [6.45, 7) is 0.926. The Kier molecular flexibility index (Phi) is 3.64. The molecule has 0 bridgehead atoms. The first-order valence-corrected chi connectivity index (χ1v) is 7.75. The Morgan fingerprint density at radius 3 is 3.00 bits per heavy atom. The van der Waals surface area contributed by atoms with E-state index in [1.807, 2.05) is 29.2 Å². The van der Waals surface area contributed by atoms with Crippen molar-refractivity contribution in [2.24, 2.45) is 0 Å². The third kappa shape index (κ3) is 2.60. The minimum Gasteiger partial charge on any atom is -0.491 e. The summed E-state index contributed by atoms with van der Waals surface area (Å²) in [6.07, 6.45) is 1.26. The molecule has 2 aromatic heterocycles. The Balaban J connectivity index is 1.68. The summed E-state index contributed by atoms with van der Waals surface area (Å²) in [5.74, 6) is 2.14. The van der Waals surface area contributed by atoms with Gasteiger partial charge < -0.3 is 15.0 Å². The molecule has 1 saturated heterocycles. The summed E-state index contributed by atoms with van der Waals surface area (Å²) >= 11 is 0. The van der Waals surface area contributed by atoms with Crippen molar-refractivity contribution in [3.8, 4) is 5.75 Å². The fourth-order valence-corrected chi connectivity index (χ4v) is 2.82. The summed E-state index contributed by atoms with van der Waals surface area (Å²) in [7, 11) is 1.56. The van der Waals surface area contributed by atoms with Crippen molar-refractivity contribution < 1.29 is 9.13 Å². The lowest BCUT2D eigenvalue weighted by molar-refractivity contribution is 0.364. The van der Waals surface area contributed by atoms with Crippen molar-refractivity contribution in [3.05, 3.63) is 30.5 Å². The molecule has 1 aliphatic heterocycles. The van der Waals surface area contributed by atoms with Crippen molar-refractivity contribution in [1.82, 2.24) is 20.2 Å². The van der Waals surface area contributed by atoms with Crippen LogP contribution in [0.15, 0.2) is 30.5 Å². The normalized spacial score (nSPS) is 17.4. The molecule has 1 unspecified atom stereocenters. The molecule has 124 valence electrons. The third-order valence-corrected chi connectivity index (χ3v) is 4.08. The van der Waals surface area contributed by atoms with E-state index in [1.165, 1.54) is 0 Å². The van der Waals surface area contributed by atoms with E-state index in [0.29, 0.717) is 42.8 Å². The van der Waals surface area contributed by atoms with Gasteiger partial charge in [0.25, 0.3) is 0 Å². The molecule has 1 aromatic carbocycles. The van der Waals surface area contributed by atoms with E-state index in [2.05, 4.69) is 25.5 Å². The summed E-state index contributed by atoms with van der Waals surface area (Å²) in [4.78, 5) is 10.6. The number of ether oxygens (including phenoxy) is 1. The van der Waals surface area contributed by atoms with Crippen molar-refractivity contribution in [2.75, 3.05) is 30.4 Å². The predicted molar refractivity (Wildman–Crippen MR) is 89.7 cm³/mol. The quantitative estimate of drug-likeness (QED) is 0.766. The number of H-pyrrole nitrogens is 1. The van der Waals surface area contributed by atoms with Gasteiger partial charge in [0.2, 0.25) is 5.95 Å². The summed E-state index contributed by atoms with van der Waals surface area (Å²) in [6, 6.07) is 7.79. The fourth-order valence-electron chi connectivity index (χ4n) is 2.82. The summed E-state index contributed by atoms with van der Waals surface area (Å²) in [5.41, 5.74) is 0.924. The number of anilines is 3. The van der Waals surface area contributed by atoms with Crippen LogP contribution in [0.5, 0.6) is 5.75 Å². The molecular weight excluding hydrogens is 311 g/mol. The Morgan fingerprint density at radius 1 is 1.33 bits per heavy atom. The number of hydrogen-bond acceptors (Lipinski definition) is 6. The van der Waals surface area contributed by atoms with Crippen LogP contribution in [-0.4, -0.2) is 46.5 Å². The van der Waals surface area contributed by atoms with E-state index in [4.69, 9.17) is 4.74 Å². The fraction of sp³-hybridized carbons (Fsp3) is 0.312. The van der Waals surface area contributed by atoms with Crippen molar-refractivity contribution in [2.45, 2.75) is 12.6 Å². The second-order valence-electron chi connectivity index (χ2n) is 5.66. The molecule has 8 heteroatoms. The van der Waals surface area contributed by atoms with Gasteiger partial charge >= 0.3 is 0 Å². The van der Waals surface area contributed by atoms with Crippen LogP contribution in [0.4, 0.5) is 22.0 Å². The van der Waals surface area contributed by atoms with Crippen LogP contribution in [0.2, 0.25) is 0 Å². The molecule has 1 fully saturated rings. The standard InChI is InChI=1S/C16H17FN6O/c1-24-13-8-18-16(23-7-6-10(17)9-23)20-15(13)19-14-11-4-2-3-5-12(11)21-22-14/h2-5,8,10H,6-7,9H2,1H3,(H2,18,19,20,21,22). The van der Waals surface area contributed by atoms with E-state index in [0.717, 1.165) is 10.9 Å². The number of benzene rings is 1. The maximum absolute atomic E-state index is 13.4. The van der Waals surface area contributed by atoms with Gasteiger partial charge in [0.15, 0.2) is 17.4 Å². The molecule has 0 radical (unpaired) electrons. The van der Waals surface area contributed by atoms with Gasteiger partial charge in [-0.3, -0.25) is 5.10 Å². The van der Waals surface area contributed by atoms with Gasteiger partial charge in [-0.15, -0.1) is 0 Å². The van der Waals surface area contributed by atoms with Crippen LogP contribution in [0, 0.1) is 0 Å². The highest BCUT2D eigenvalue weighted by Crippen LogP contribution is 2.30. The number of alkyl halides is 1. The second kappa shape index (κ2) is 5.95. The molecule has 0 aliphatic carbocycles. The number of methoxy groups -OCH3 is 1. The average molecular weight is 328 g/mol. The monoisotopic (exact) mass is 328 g/mol. The Labute approximate surface area is 137 Å². The number of nitrogens with one attached hydrogen (secondary N) is 2. The van der Waals surface area contributed by atoms with E-state index in [9.17, 15) is 4.39 Å². The first kappa shape index (κ1) is 14.7. The maximum Gasteiger partial charge on any atom is 0.227 e. The van der Waals surface area contributed by atoms with Gasteiger partial charge in [-0.25, -0.2) is 9.37 Å². The SMILES string of the molecule is COc1cnc(N2CCC(F)C2)nc1Nc1n[nH]c2ccccc12. The van der Waals surface area contributed by atoms with Crippen LogP contribution < -0.4 is 15.0 Å². The zero-order valence-electron chi connectivity index (χ0n) is 13.2. The van der Waals surface area contributed by atoms with Gasteiger partial charge in [-0.05, 0) is 18.6 Å². The maximum atomic E-state index is 13.4. The number of hydrogen-bond donors (Lipinski definition) is 2. The number of rotatable bonds is 4. The molecule has 1 aliphatic rings. The molecule has 0 amide bonds. The molecule has 7 nitrogen and oxygen atoms in total. The molecular formula is C16H17FN6O. The highest BCUT2D eigenvalue weighted by atomic mass is 19.1. The van der Waals surface area contributed by atoms with Crippen LogP contribution >= 0.6 is 0 Å². The van der Waals surface area contributed by atoms with Crippen LogP contribution in [0.1, 0.15) is 6.42 Å². The number of para-hydroxylation sites is 1. The average Bonchev–Trinajstić information content (AvgIpc) is 3.22. The molecule has 2 N–H and O–H groups in total. The van der Waals surface area contributed by atoms with Crippen molar-refractivity contribution >= 4 is 28.5 Å². The highest BCUT2D eigenvalue weighted by molar-refractivity contribution is 5.91. The lowest BCUT2D eigenvalue weighted by Crippen LogP contribution is -2.22. The number of fused-ring (bicyclic) bond motifs is 1. The van der Waals surface area contributed by atoms with Crippen molar-refractivity contribution in [1.29, 1.82) is 0 Å². The van der Waals surface area contributed by atoms with Gasteiger partial charge in [0.1, 0.15) is 6.17 Å². The molecule has 4 rings (SSSR count). The number of nitrogens with zero attached hydrogens (tertiary/aromatic N) is 4. The van der Waals surface area contributed by atoms with Crippen LogP contribution in [-0.2, 0) is 0 Å². The predicted octanol–water partition coefficient (Wildman–Crippen LogP) is 2.65.